The number of amides is 1. The van der Waals surface area contributed by atoms with E-state index in [9.17, 15) is 4.79 Å². The number of hydrogen-bond donors (Lipinski definition) is 2. The molecular weight excluding hydrogens is 484 g/mol. The lowest BCUT2D eigenvalue weighted by Gasteiger charge is -2.46. The number of carbonyl (C=O) groups is 1. The minimum Gasteiger partial charge on any atom is -0.321 e. The van der Waals surface area contributed by atoms with Crippen molar-refractivity contribution in [1.29, 1.82) is 0 Å². The molecule has 1 aliphatic heterocycles. The van der Waals surface area contributed by atoms with Crippen molar-refractivity contribution in [2.45, 2.75) is 90.5 Å². The first-order chi connectivity index (χ1) is 18.6. The van der Waals surface area contributed by atoms with Crippen LogP contribution in [-0.4, -0.2) is 44.3 Å². The van der Waals surface area contributed by atoms with Crippen LogP contribution in [0.5, 0.6) is 0 Å². The Hall–Kier alpha value is -3.06. The number of anilines is 1. The molecule has 0 radical (unpaired) electrons. The van der Waals surface area contributed by atoms with Crippen LogP contribution in [0.15, 0.2) is 30.3 Å². The van der Waals surface area contributed by atoms with Gasteiger partial charge in [-0.2, -0.15) is 15.4 Å². The molecule has 1 saturated carbocycles. The van der Waals surface area contributed by atoms with E-state index in [1.54, 1.807) is 0 Å². The van der Waals surface area contributed by atoms with Crippen molar-refractivity contribution in [2.75, 3.05) is 18.4 Å². The minimum absolute atomic E-state index is 0.0156. The SMILES string of the molecule is Cc1n[nH]nc1C1(c2cccc(NC(=O)c3cc(CN4CCC[C@H](C)C4)c4c(n3)C(C)(C)CC4)c2)CC(C)C1. The van der Waals surface area contributed by atoms with Gasteiger partial charge in [-0.1, -0.05) is 39.8 Å². The highest BCUT2D eigenvalue weighted by atomic mass is 16.1. The van der Waals surface area contributed by atoms with Crippen molar-refractivity contribution in [3.63, 3.8) is 0 Å². The normalized spacial score (nSPS) is 26.2. The van der Waals surface area contributed by atoms with Gasteiger partial charge in [0.1, 0.15) is 5.69 Å². The van der Waals surface area contributed by atoms with E-state index >= 15 is 0 Å². The Balaban J connectivity index is 1.29. The van der Waals surface area contributed by atoms with E-state index < -0.39 is 0 Å². The number of fused-ring (bicyclic) bond motifs is 1. The number of aromatic amines is 1. The molecule has 2 aliphatic carbocycles. The van der Waals surface area contributed by atoms with Crippen molar-refractivity contribution < 1.29 is 4.79 Å². The van der Waals surface area contributed by atoms with Gasteiger partial charge in [-0.05, 0) is 98.7 Å². The molecule has 206 valence electrons. The maximum atomic E-state index is 13.7. The maximum Gasteiger partial charge on any atom is 0.274 e. The number of hydrogen-bond acceptors (Lipinski definition) is 5. The molecule has 39 heavy (non-hydrogen) atoms. The number of pyridine rings is 1. The summed E-state index contributed by atoms with van der Waals surface area (Å²) in [4.78, 5) is 21.2. The van der Waals surface area contributed by atoms with Crippen molar-refractivity contribution in [3.05, 3.63) is 69.8 Å². The number of benzene rings is 1. The van der Waals surface area contributed by atoms with Gasteiger partial charge in [0.25, 0.3) is 5.91 Å². The molecule has 1 amide bonds. The summed E-state index contributed by atoms with van der Waals surface area (Å²) in [5, 5.41) is 14.8. The smallest absolute Gasteiger partial charge is 0.274 e. The summed E-state index contributed by atoms with van der Waals surface area (Å²) in [5.41, 5.74) is 8.03. The van der Waals surface area contributed by atoms with Gasteiger partial charge in [0.15, 0.2) is 0 Å². The van der Waals surface area contributed by atoms with Crippen LogP contribution in [0.4, 0.5) is 5.69 Å². The molecule has 1 aromatic carbocycles. The maximum absolute atomic E-state index is 13.7. The van der Waals surface area contributed by atoms with Crippen LogP contribution in [-0.2, 0) is 23.8 Å². The topological polar surface area (TPSA) is 86.8 Å². The number of nitrogens with zero attached hydrogens (tertiary/aromatic N) is 4. The largest absolute Gasteiger partial charge is 0.321 e. The quantitative estimate of drug-likeness (QED) is 0.416. The summed E-state index contributed by atoms with van der Waals surface area (Å²) in [6.07, 6.45) is 6.72. The molecule has 3 heterocycles. The highest BCUT2D eigenvalue weighted by Gasteiger charge is 2.48. The summed E-state index contributed by atoms with van der Waals surface area (Å²) in [6, 6.07) is 10.3. The highest BCUT2D eigenvalue weighted by molar-refractivity contribution is 6.03. The Morgan fingerprint density at radius 1 is 1.13 bits per heavy atom. The zero-order chi connectivity index (χ0) is 27.4. The molecule has 3 aromatic rings. The summed E-state index contributed by atoms with van der Waals surface area (Å²) in [7, 11) is 0. The monoisotopic (exact) mass is 526 g/mol. The van der Waals surface area contributed by atoms with E-state index in [4.69, 9.17) is 4.98 Å². The standard InChI is InChI=1S/C32H42N6O/c1-20-8-7-13-38(18-20)19-23-14-27(34-29-26(23)11-12-31(29,4)5)30(39)33-25-10-6-9-24(15-25)32(16-21(2)17-32)28-22(3)35-37-36-28/h6,9-10,14-15,20-21H,7-8,11-13,16-19H2,1-5H3,(H,33,39)(H,35,36,37)/t20-,21?,32?/m0/s1. The molecule has 6 rings (SSSR count). The van der Waals surface area contributed by atoms with Crippen LogP contribution in [0, 0.1) is 18.8 Å². The summed E-state index contributed by atoms with van der Waals surface area (Å²) in [6.45, 7) is 14.3. The van der Waals surface area contributed by atoms with Crippen molar-refractivity contribution in [1.82, 2.24) is 25.3 Å². The van der Waals surface area contributed by atoms with Gasteiger partial charge in [-0.15, -0.1) is 0 Å². The first-order valence-electron chi connectivity index (χ1n) is 14.7. The fourth-order valence-corrected chi connectivity index (χ4v) is 7.47. The number of likely N-dealkylation sites (tertiary alicyclic amines) is 1. The predicted molar refractivity (Wildman–Crippen MR) is 154 cm³/mol. The van der Waals surface area contributed by atoms with E-state index in [0.29, 0.717) is 11.6 Å². The number of H-pyrrole nitrogens is 1. The summed E-state index contributed by atoms with van der Waals surface area (Å²) >= 11 is 0. The van der Waals surface area contributed by atoms with Gasteiger partial charge in [0.2, 0.25) is 0 Å². The second-order valence-electron chi connectivity index (χ2n) is 13.2. The Morgan fingerprint density at radius 3 is 2.67 bits per heavy atom. The third-order valence-electron chi connectivity index (χ3n) is 9.47. The molecule has 1 saturated heterocycles. The van der Waals surface area contributed by atoms with Gasteiger partial charge in [0.05, 0.1) is 17.1 Å². The number of aromatic nitrogens is 4. The Bertz CT molecular complexity index is 1390. The Morgan fingerprint density at radius 2 is 1.95 bits per heavy atom. The van der Waals surface area contributed by atoms with E-state index in [1.165, 1.54) is 29.5 Å². The number of rotatable bonds is 6. The number of aryl methyl sites for hydroxylation is 1. The second kappa shape index (κ2) is 9.84. The molecule has 0 unspecified atom stereocenters. The van der Waals surface area contributed by atoms with Crippen molar-refractivity contribution in [2.24, 2.45) is 11.8 Å². The average molecular weight is 527 g/mol. The Kier molecular flexibility index (Phi) is 6.61. The number of carbonyl (C=O) groups excluding carboxylic acids is 1. The highest BCUT2D eigenvalue weighted by Crippen LogP contribution is 2.52. The molecule has 2 aromatic heterocycles. The molecule has 0 bridgehead atoms. The van der Waals surface area contributed by atoms with Crippen molar-refractivity contribution >= 4 is 11.6 Å². The summed E-state index contributed by atoms with van der Waals surface area (Å²) in [5.74, 6) is 1.21. The number of piperidine rings is 1. The van der Waals surface area contributed by atoms with Crippen LogP contribution in [0.25, 0.3) is 0 Å². The van der Waals surface area contributed by atoms with Gasteiger partial charge in [0, 0.05) is 29.6 Å². The lowest BCUT2D eigenvalue weighted by atomic mass is 9.57. The zero-order valence-corrected chi connectivity index (χ0v) is 24.1. The van der Waals surface area contributed by atoms with Crippen LogP contribution in [0.3, 0.4) is 0 Å². The van der Waals surface area contributed by atoms with Crippen LogP contribution in [0.2, 0.25) is 0 Å². The van der Waals surface area contributed by atoms with Gasteiger partial charge in [-0.3, -0.25) is 9.69 Å². The van der Waals surface area contributed by atoms with Gasteiger partial charge < -0.3 is 5.32 Å². The molecule has 7 heteroatoms. The first kappa shape index (κ1) is 26.2. The molecular formula is C32H42N6O. The lowest BCUT2D eigenvalue weighted by molar-refractivity contribution is 0.102. The van der Waals surface area contributed by atoms with E-state index in [1.807, 2.05) is 19.1 Å². The Labute approximate surface area is 232 Å². The fourth-order valence-electron chi connectivity index (χ4n) is 7.47. The van der Waals surface area contributed by atoms with Crippen LogP contribution in [0.1, 0.15) is 104 Å². The van der Waals surface area contributed by atoms with Gasteiger partial charge in [-0.25, -0.2) is 4.98 Å². The first-order valence-corrected chi connectivity index (χ1v) is 14.7. The zero-order valence-electron chi connectivity index (χ0n) is 24.1. The number of nitrogens with one attached hydrogen (secondary N) is 2. The lowest BCUT2D eigenvalue weighted by Crippen LogP contribution is -2.42. The average Bonchev–Trinajstić information content (AvgIpc) is 3.44. The third kappa shape index (κ3) is 4.79. The molecule has 0 spiro atoms. The van der Waals surface area contributed by atoms with Crippen LogP contribution >= 0.6 is 0 Å². The second-order valence-corrected chi connectivity index (χ2v) is 13.2. The molecule has 2 fully saturated rings. The van der Waals surface area contributed by atoms with E-state index in [-0.39, 0.29) is 16.7 Å². The molecule has 1 atom stereocenters. The third-order valence-corrected chi connectivity index (χ3v) is 9.47. The fraction of sp³-hybridized carbons (Fsp3) is 0.562. The van der Waals surface area contributed by atoms with Crippen molar-refractivity contribution in [3.8, 4) is 0 Å². The van der Waals surface area contributed by atoms with E-state index in [0.717, 1.165) is 74.0 Å². The minimum atomic E-state index is -0.161. The van der Waals surface area contributed by atoms with Gasteiger partial charge >= 0.3 is 0 Å². The summed E-state index contributed by atoms with van der Waals surface area (Å²) < 4.78 is 0. The predicted octanol–water partition coefficient (Wildman–Crippen LogP) is 5.93. The molecule has 2 N–H and O–H groups in total. The molecule has 7 nitrogen and oxygen atoms in total. The molecule has 3 aliphatic rings. The van der Waals surface area contributed by atoms with Crippen LogP contribution < -0.4 is 5.32 Å². The van der Waals surface area contributed by atoms with E-state index in [2.05, 4.69) is 71.5 Å².